The van der Waals surface area contributed by atoms with Crippen molar-refractivity contribution in [2.75, 3.05) is 0 Å². The van der Waals surface area contributed by atoms with Crippen LogP contribution < -0.4 is 0 Å². The minimum Gasteiger partial charge on any atom is -0.293 e. The van der Waals surface area contributed by atoms with Gasteiger partial charge in [0, 0.05) is 16.4 Å². The zero-order valence-corrected chi connectivity index (χ0v) is 10.6. The average molecular weight is 242 g/mol. The first kappa shape index (κ1) is 10.7. The second kappa shape index (κ2) is 4.11. The molecule has 1 atom stereocenters. The van der Waals surface area contributed by atoms with Gasteiger partial charge in [0.05, 0.1) is 0 Å². The lowest BCUT2D eigenvalue weighted by molar-refractivity contribution is 0.0959. The molecule has 0 spiro atoms. The molecule has 0 saturated carbocycles. The number of ketones is 1. The summed E-state index contributed by atoms with van der Waals surface area (Å²) in [5, 5.41) is 2.00. The van der Waals surface area contributed by atoms with E-state index in [0.717, 1.165) is 23.3 Å². The van der Waals surface area contributed by atoms with Crippen LogP contribution in [0.3, 0.4) is 0 Å². The number of Topliss-reactive ketones (excluding diaryl/α,β-unsaturated/α-hetero) is 1. The molecule has 1 aliphatic carbocycles. The number of rotatable bonds is 2. The minimum atomic E-state index is 0.0829. The number of hydrogen-bond donors (Lipinski definition) is 0. The van der Waals surface area contributed by atoms with E-state index < -0.39 is 0 Å². The van der Waals surface area contributed by atoms with Gasteiger partial charge >= 0.3 is 0 Å². The number of hydrogen-bond acceptors (Lipinski definition) is 2. The molecule has 1 unspecified atom stereocenters. The Balaban J connectivity index is 1.98. The van der Waals surface area contributed by atoms with E-state index in [4.69, 9.17) is 0 Å². The van der Waals surface area contributed by atoms with Gasteiger partial charge in [0.2, 0.25) is 0 Å². The summed E-state index contributed by atoms with van der Waals surface area (Å²) in [4.78, 5) is 13.6. The molecule has 0 saturated heterocycles. The summed E-state index contributed by atoms with van der Waals surface area (Å²) in [6.45, 7) is 2.03. The zero-order chi connectivity index (χ0) is 11.8. The number of aryl methyl sites for hydroxylation is 2. The molecule has 1 nitrogen and oxygen atoms in total. The van der Waals surface area contributed by atoms with Crippen molar-refractivity contribution in [3.63, 3.8) is 0 Å². The first-order valence-corrected chi connectivity index (χ1v) is 6.81. The highest BCUT2D eigenvalue weighted by molar-refractivity contribution is 7.10. The third-order valence-electron chi connectivity index (χ3n) is 3.57. The number of thiophene rings is 1. The van der Waals surface area contributed by atoms with Gasteiger partial charge < -0.3 is 0 Å². The first-order chi connectivity index (χ1) is 8.27. The van der Waals surface area contributed by atoms with E-state index in [9.17, 15) is 4.79 Å². The highest BCUT2D eigenvalue weighted by Crippen LogP contribution is 2.36. The summed E-state index contributed by atoms with van der Waals surface area (Å²) in [5.41, 5.74) is 3.50. The highest BCUT2D eigenvalue weighted by atomic mass is 32.1. The molecule has 1 heterocycles. The van der Waals surface area contributed by atoms with Crippen molar-refractivity contribution >= 4 is 17.1 Å². The third-order valence-corrected chi connectivity index (χ3v) is 4.42. The smallest absolute Gasteiger partial charge is 0.171 e. The maximum Gasteiger partial charge on any atom is 0.171 e. The summed E-state index contributed by atoms with van der Waals surface area (Å²) in [6.07, 6.45) is 2.00. The largest absolute Gasteiger partial charge is 0.293 e. The molecule has 1 aliphatic rings. The lowest BCUT2D eigenvalue weighted by atomic mass is 9.92. The van der Waals surface area contributed by atoms with E-state index in [1.165, 1.54) is 11.1 Å². The fraction of sp³-hybridized carbons (Fsp3) is 0.267. The zero-order valence-electron chi connectivity index (χ0n) is 9.77. The molecule has 2 aromatic rings. The number of benzene rings is 1. The lowest BCUT2D eigenvalue weighted by Gasteiger charge is -2.10. The number of carbonyl (C=O) groups is 1. The molecule has 0 amide bonds. The van der Waals surface area contributed by atoms with Crippen molar-refractivity contribution < 1.29 is 4.79 Å². The van der Waals surface area contributed by atoms with Crippen molar-refractivity contribution in [3.8, 4) is 0 Å². The van der Waals surface area contributed by atoms with Gasteiger partial charge in [-0.25, -0.2) is 0 Å². The van der Waals surface area contributed by atoms with E-state index in [0.29, 0.717) is 5.78 Å². The van der Waals surface area contributed by atoms with Gasteiger partial charge in [0.1, 0.15) is 0 Å². The molecule has 0 aliphatic heterocycles. The fourth-order valence-corrected chi connectivity index (χ4v) is 3.36. The van der Waals surface area contributed by atoms with Crippen LogP contribution in [0.5, 0.6) is 0 Å². The standard InChI is InChI=1S/C15H14OS/c1-10-12(8-9-17-10)15(16)14-7-6-11-4-2-3-5-13(11)14/h2-5,8-9,14H,6-7H2,1H3. The van der Waals surface area contributed by atoms with Gasteiger partial charge in [-0.1, -0.05) is 24.3 Å². The molecule has 17 heavy (non-hydrogen) atoms. The second-order valence-electron chi connectivity index (χ2n) is 4.54. The van der Waals surface area contributed by atoms with Crippen LogP contribution in [0.2, 0.25) is 0 Å². The quantitative estimate of drug-likeness (QED) is 0.728. The molecule has 0 fully saturated rings. The van der Waals surface area contributed by atoms with Crippen molar-refractivity contribution in [2.45, 2.75) is 25.7 Å². The Morgan fingerprint density at radius 3 is 2.88 bits per heavy atom. The van der Waals surface area contributed by atoms with Gasteiger partial charge in [0.15, 0.2) is 5.78 Å². The van der Waals surface area contributed by atoms with Crippen molar-refractivity contribution in [2.24, 2.45) is 0 Å². The Morgan fingerprint density at radius 2 is 2.12 bits per heavy atom. The number of carbonyl (C=O) groups excluding carboxylic acids is 1. The summed E-state index contributed by atoms with van der Waals surface area (Å²) in [5.74, 6) is 0.383. The van der Waals surface area contributed by atoms with Crippen LogP contribution in [0.4, 0.5) is 0 Å². The highest BCUT2D eigenvalue weighted by Gasteiger charge is 2.29. The van der Waals surface area contributed by atoms with Crippen LogP contribution in [0.1, 0.15) is 38.7 Å². The molecule has 1 aromatic heterocycles. The van der Waals surface area contributed by atoms with E-state index in [1.54, 1.807) is 11.3 Å². The summed E-state index contributed by atoms with van der Waals surface area (Å²) in [7, 11) is 0. The van der Waals surface area contributed by atoms with Crippen LogP contribution in [0.25, 0.3) is 0 Å². The Hall–Kier alpha value is -1.41. The molecule has 0 bridgehead atoms. The average Bonchev–Trinajstić information content (AvgIpc) is 2.94. The summed E-state index contributed by atoms with van der Waals surface area (Å²) < 4.78 is 0. The van der Waals surface area contributed by atoms with E-state index in [-0.39, 0.29) is 5.92 Å². The van der Waals surface area contributed by atoms with E-state index in [1.807, 2.05) is 24.4 Å². The van der Waals surface area contributed by atoms with Gasteiger partial charge in [-0.2, -0.15) is 0 Å². The van der Waals surface area contributed by atoms with Gasteiger partial charge in [0.25, 0.3) is 0 Å². The van der Waals surface area contributed by atoms with Crippen molar-refractivity contribution in [3.05, 3.63) is 57.3 Å². The molecule has 2 heteroatoms. The summed E-state index contributed by atoms with van der Waals surface area (Å²) >= 11 is 1.65. The molecule has 3 rings (SSSR count). The fourth-order valence-electron chi connectivity index (χ4n) is 2.66. The molecule has 0 N–H and O–H groups in total. The van der Waals surface area contributed by atoms with Crippen LogP contribution in [0, 0.1) is 6.92 Å². The topological polar surface area (TPSA) is 17.1 Å². The maximum absolute atomic E-state index is 12.5. The molecular weight excluding hydrogens is 228 g/mol. The Morgan fingerprint density at radius 1 is 1.29 bits per heavy atom. The van der Waals surface area contributed by atoms with Crippen molar-refractivity contribution in [1.82, 2.24) is 0 Å². The Bertz CT molecular complexity index is 568. The Kier molecular flexibility index (Phi) is 2.60. The first-order valence-electron chi connectivity index (χ1n) is 5.93. The van der Waals surface area contributed by atoms with Crippen LogP contribution in [-0.4, -0.2) is 5.78 Å². The third kappa shape index (κ3) is 1.73. The normalized spacial score (nSPS) is 18.1. The van der Waals surface area contributed by atoms with E-state index in [2.05, 4.69) is 18.2 Å². The van der Waals surface area contributed by atoms with Crippen molar-refractivity contribution in [1.29, 1.82) is 0 Å². The molecular formula is C15H14OS. The maximum atomic E-state index is 12.5. The van der Waals surface area contributed by atoms with Gasteiger partial charge in [-0.05, 0) is 42.3 Å². The lowest BCUT2D eigenvalue weighted by Crippen LogP contribution is -2.10. The van der Waals surface area contributed by atoms with Crippen LogP contribution in [-0.2, 0) is 6.42 Å². The number of fused-ring (bicyclic) bond motifs is 1. The second-order valence-corrected chi connectivity index (χ2v) is 5.67. The molecule has 86 valence electrons. The molecule has 1 aromatic carbocycles. The van der Waals surface area contributed by atoms with Crippen LogP contribution >= 0.6 is 11.3 Å². The Labute approximate surface area is 105 Å². The minimum absolute atomic E-state index is 0.0829. The summed E-state index contributed by atoms with van der Waals surface area (Å²) in [6, 6.07) is 10.3. The van der Waals surface area contributed by atoms with Crippen LogP contribution in [0.15, 0.2) is 35.7 Å². The predicted molar refractivity (Wildman–Crippen MR) is 70.9 cm³/mol. The van der Waals surface area contributed by atoms with E-state index >= 15 is 0 Å². The molecule has 0 radical (unpaired) electrons. The monoisotopic (exact) mass is 242 g/mol. The van der Waals surface area contributed by atoms with Gasteiger partial charge in [-0.3, -0.25) is 4.79 Å². The van der Waals surface area contributed by atoms with Gasteiger partial charge in [-0.15, -0.1) is 11.3 Å². The SMILES string of the molecule is Cc1sccc1C(=O)C1CCc2ccccc21. The predicted octanol–water partition coefficient (Wildman–Crippen LogP) is 3.97.